The Hall–Kier alpha value is -3.56. The van der Waals surface area contributed by atoms with Gasteiger partial charge in [-0.2, -0.15) is 0 Å². The molecule has 1 fully saturated rings. The zero-order valence-corrected chi connectivity index (χ0v) is 24.6. The minimum absolute atomic E-state index is 0.0666. The lowest BCUT2D eigenvalue weighted by Gasteiger charge is -2.35. The molecular formula is C31H43N3O7. The van der Waals surface area contributed by atoms with Crippen LogP contribution in [-0.2, 0) is 38.3 Å². The van der Waals surface area contributed by atoms with Gasteiger partial charge in [-0.1, -0.05) is 24.6 Å². The van der Waals surface area contributed by atoms with Gasteiger partial charge in [-0.25, -0.2) is 14.6 Å². The molecule has 2 heterocycles. The van der Waals surface area contributed by atoms with E-state index < -0.39 is 35.3 Å². The van der Waals surface area contributed by atoms with Crippen molar-refractivity contribution in [2.24, 2.45) is 5.41 Å². The zero-order valence-electron chi connectivity index (χ0n) is 24.6. The largest absolute Gasteiger partial charge is 0.508 e. The van der Waals surface area contributed by atoms with Gasteiger partial charge < -0.3 is 29.2 Å². The number of amides is 1. The zero-order chi connectivity index (χ0) is 29.6. The first-order chi connectivity index (χ1) is 19.5. The Morgan fingerprint density at radius 2 is 1.85 bits per heavy atom. The number of alkyl carbamates (subject to hydrolysis) is 1. The van der Waals surface area contributed by atoms with Gasteiger partial charge in [0, 0.05) is 24.3 Å². The summed E-state index contributed by atoms with van der Waals surface area (Å²) in [7, 11) is 0. The molecule has 10 heteroatoms. The molecule has 10 nitrogen and oxygen atoms in total. The first-order valence-corrected chi connectivity index (χ1v) is 14.7. The summed E-state index contributed by atoms with van der Waals surface area (Å²) in [6.45, 7) is 7.14. The molecule has 1 aromatic carbocycles. The predicted molar refractivity (Wildman–Crippen MR) is 152 cm³/mol. The van der Waals surface area contributed by atoms with Crippen molar-refractivity contribution >= 4 is 18.2 Å². The predicted octanol–water partition coefficient (Wildman–Crippen LogP) is 5.76. The van der Waals surface area contributed by atoms with E-state index in [4.69, 9.17) is 14.2 Å². The van der Waals surface area contributed by atoms with Crippen LogP contribution in [0.25, 0.3) is 5.69 Å². The van der Waals surface area contributed by atoms with Gasteiger partial charge in [0.25, 0.3) is 0 Å². The number of nitrogens with one attached hydrogen (secondary N) is 1. The molecule has 1 aromatic heterocycles. The minimum atomic E-state index is -1.49. The van der Waals surface area contributed by atoms with Crippen LogP contribution < -0.4 is 5.32 Å². The number of carboxylic acid groups (broad SMARTS) is 1. The van der Waals surface area contributed by atoms with Crippen LogP contribution in [0.1, 0.15) is 89.6 Å². The van der Waals surface area contributed by atoms with Gasteiger partial charge >= 0.3 is 18.2 Å². The lowest BCUT2D eigenvalue weighted by molar-refractivity contribution is -0.158. The van der Waals surface area contributed by atoms with Crippen LogP contribution in [0.3, 0.4) is 0 Å². The third kappa shape index (κ3) is 7.59. The van der Waals surface area contributed by atoms with Crippen molar-refractivity contribution in [3.63, 3.8) is 0 Å². The van der Waals surface area contributed by atoms with Crippen molar-refractivity contribution in [2.45, 2.75) is 110 Å². The van der Waals surface area contributed by atoms with Gasteiger partial charge in [-0.15, -0.1) is 0 Å². The molecule has 4 rings (SSSR count). The monoisotopic (exact) mass is 569 g/mol. The smallest absolute Gasteiger partial charge is 0.481 e. The number of carbonyl (C=O) groups is 3. The topological polar surface area (TPSA) is 129 Å². The van der Waals surface area contributed by atoms with Gasteiger partial charge in [0.2, 0.25) is 0 Å². The van der Waals surface area contributed by atoms with E-state index in [1.807, 2.05) is 22.8 Å². The molecule has 2 N–H and O–H groups in total. The molecule has 1 aliphatic heterocycles. The number of hydrogen-bond donors (Lipinski definition) is 2. The summed E-state index contributed by atoms with van der Waals surface area (Å²) in [5.74, 6) is -1.09. The van der Waals surface area contributed by atoms with Crippen LogP contribution in [-0.4, -0.2) is 57.2 Å². The maximum absolute atomic E-state index is 13.1. The molecule has 224 valence electrons. The molecule has 1 amide bonds. The van der Waals surface area contributed by atoms with Crippen molar-refractivity contribution in [3.8, 4) is 5.69 Å². The van der Waals surface area contributed by atoms with E-state index in [0.717, 1.165) is 56.3 Å². The third-order valence-corrected chi connectivity index (χ3v) is 8.08. The van der Waals surface area contributed by atoms with Gasteiger partial charge in [0.15, 0.2) is 0 Å². The number of nitrogens with zero attached hydrogens (tertiary/aromatic N) is 2. The second-order valence-corrected chi connectivity index (χ2v) is 12.2. The standard InChI is InChI=1S/C31H43N3O7/c1-21(39-29(38)40-23-12-6-5-7-13-23)31(27(35)36,17-10-18-32-28(37)41-30(2,3)4)19-24-26-16-15-22-11-8-9-14-25(22)34(26)20-33-24/h8-9,11,14,20-21,23H,5-7,10,12-13,15-19H2,1-4H3,(H,32,37)(H,35,36)/t21?,31-/m0/s1. The number of carbonyl (C=O) groups excluding carboxylic acids is 2. The highest BCUT2D eigenvalue weighted by Crippen LogP contribution is 2.38. The Kier molecular flexibility index (Phi) is 9.60. The van der Waals surface area contributed by atoms with Crippen molar-refractivity contribution in [2.75, 3.05) is 6.54 Å². The quantitative estimate of drug-likeness (QED) is 0.273. The molecule has 1 unspecified atom stereocenters. The van der Waals surface area contributed by atoms with E-state index >= 15 is 0 Å². The average molecular weight is 570 g/mol. The Labute approximate surface area is 241 Å². The van der Waals surface area contributed by atoms with Crippen LogP contribution in [0.15, 0.2) is 30.6 Å². The number of rotatable bonds is 10. The number of aliphatic carboxylic acids is 1. The summed E-state index contributed by atoms with van der Waals surface area (Å²) in [5.41, 5.74) is 1.73. The second kappa shape index (κ2) is 13.0. The number of aryl methyl sites for hydroxylation is 1. The Morgan fingerprint density at radius 1 is 1.12 bits per heavy atom. The number of hydrogen-bond acceptors (Lipinski definition) is 7. The summed E-state index contributed by atoms with van der Waals surface area (Å²) >= 11 is 0. The number of para-hydroxylation sites is 1. The van der Waals surface area contributed by atoms with Crippen LogP contribution in [0.4, 0.5) is 9.59 Å². The normalized spacial score (nSPS) is 17.4. The second-order valence-electron chi connectivity index (χ2n) is 12.2. The molecular weight excluding hydrogens is 526 g/mol. The summed E-state index contributed by atoms with van der Waals surface area (Å²) in [4.78, 5) is 42.7. The van der Waals surface area contributed by atoms with Gasteiger partial charge in [0.1, 0.15) is 23.2 Å². The maximum Gasteiger partial charge on any atom is 0.508 e. The first-order valence-electron chi connectivity index (χ1n) is 14.7. The minimum Gasteiger partial charge on any atom is -0.481 e. The lowest BCUT2D eigenvalue weighted by atomic mass is 9.74. The van der Waals surface area contributed by atoms with E-state index in [0.29, 0.717) is 12.1 Å². The third-order valence-electron chi connectivity index (χ3n) is 8.08. The molecule has 0 saturated heterocycles. The van der Waals surface area contributed by atoms with E-state index in [9.17, 15) is 19.5 Å². The van der Waals surface area contributed by atoms with Crippen LogP contribution in [0.2, 0.25) is 0 Å². The van der Waals surface area contributed by atoms with Crippen LogP contribution in [0, 0.1) is 5.41 Å². The molecule has 0 radical (unpaired) electrons. The van der Waals surface area contributed by atoms with Gasteiger partial charge in [-0.05, 0) is 90.7 Å². The fourth-order valence-corrected chi connectivity index (χ4v) is 5.84. The molecule has 0 spiro atoms. The fourth-order valence-electron chi connectivity index (χ4n) is 5.84. The van der Waals surface area contributed by atoms with Crippen molar-refractivity contribution in [1.29, 1.82) is 0 Å². The lowest BCUT2D eigenvalue weighted by Crippen LogP contribution is -2.46. The van der Waals surface area contributed by atoms with Crippen molar-refractivity contribution < 1.29 is 33.7 Å². The van der Waals surface area contributed by atoms with Gasteiger partial charge in [0.05, 0.1) is 12.0 Å². The summed E-state index contributed by atoms with van der Waals surface area (Å²) in [6, 6.07) is 8.10. The number of benzene rings is 1. The van der Waals surface area contributed by atoms with Crippen LogP contribution >= 0.6 is 0 Å². The Morgan fingerprint density at radius 3 is 2.56 bits per heavy atom. The average Bonchev–Trinajstić information content (AvgIpc) is 3.32. The first kappa shape index (κ1) is 30.4. The van der Waals surface area contributed by atoms with E-state index in [1.54, 1.807) is 34.0 Å². The Balaban J connectivity index is 1.54. The highest BCUT2D eigenvalue weighted by molar-refractivity contribution is 5.76. The fraction of sp³-hybridized carbons (Fsp3) is 0.613. The van der Waals surface area contributed by atoms with E-state index in [2.05, 4.69) is 16.4 Å². The summed E-state index contributed by atoms with van der Waals surface area (Å²) < 4.78 is 18.6. The maximum atomic E-state index is 13.1. The highest BCUT2D eigenvalue weighted by Gasteiger charge is 2.47. The van der Waals surface area contributed by atoms with Crippen molar-refractivity contribution in [3.05, 3.63) is 47.5 Å². The molecule has 1 saturated carbocycles. The number of fused-ring (bicyclic) bond motifs is 3. The summed E-state index contributed by atoms with van der Waals surface area (Å²) in [6.07, 6.45) is 5.86. The summed E-state index contributed by atoms with van der Waals surface area (Å²) in [5, 5.41) is 13.4. The van der Waals surface area contributed by atoms with Crippen molar-refractivity contribution in [1.82, 2.24) is 14.9 Å². The molecule has 0 bridgehead atoms. The van der Waals surface area contributed by atoms with E-state index in [1.165, 1.54) is 5.56 Å². The number of aromatic nitrogens is 2. The van der Waals surface area contributed by atoms with Crippen LogP contribution in [0.5, 0.6) is 0 Å². The van der Waals surface area contributed by atoms with Gasteiger partial charge in [-0.3, -0.25) is 4.79 Å². The molecule has 2 aromatic rings. The number of ether oxygens (including phenoxy) is 3. The van der Waals surface area contributed by atoms with E-state index in [-0.39, 0.29) is 25.5 Å². The molecule has 2 atom stereocenters. The molecule has 41 heavy (non-hydrogen) atoms. The Bertz CT molecular complexity index is 1230. The number of carboxylic acids is 1. The molecule has 2 aliphatic rings. The highest BCUT2D eigenvalue weighted by atomic mass is 16.7. The SMILES string of the molecule is CC(OC(=O)OC1CCCCC1)[C@](CCCNC(=O)OC(C)(C)C)(Cc1ncn2c1CCc1ccccc1-2)C(=O)O. The molecule has 1 aliphatic carbocycles. The number of imidazole rings is 1.